The van der Waals surface area contributed by atoms with Gasteiger partial charge in [-0.15, -0.1) is 0 Å². The molecule has 14 nitrogen and oxygen atoms in total. The summed E-state index contributed by atoms with van der Waals surface area (Å²) in [5.41, 5.74) is 10.2. The molecule has 6 heterocycles. The van der Waals surface area contributed by atoms with Crippen LogP contribution in [0.3, 0.4) is 0 Å². The van der Waals surface area contributed by atoms with E-state index < -0.39 is 35.1 Å². The van der Waals surface area contributed by atoms with Gasteiger partial charge in [-0.3, -0.25) is 30.2 Å². The molecule has 22 heteroatoms. The summed E-state index contributed by atoms with van der Waals surface area (Å²) in [6.45, 7) is 0. The van der Waals surface area contributed by atoms with Crippen LogP contribution in [-0.4, -0.2) is 52.4 Å². The number of hydrogen-bond donors (Lipinski definition) is 4. The van der Waals surface area contributed by atoms with E-state index in [-0.39, 0.29) is 43.8 Å². The van der Waals surface area contributed by atoms with Crippen LogP contribution in [0.25, 0.3) is 22.5 Å². The van der Waals surface area contributed by atoms with E-state index in [0.29, 0.717) is 58.3 Å². The fourth-order valence-electron chi connectivity index (χ4n) is 7.07. The summed E-state index contributed by atoms with van der Waals surface area (Å²) in [6, 6.07) is 20.4. The smallest absolute Gasteiger partial charge is 0.354 e. The zero-order valence-corrected chi connectivity index (χ0v) is 38.1. The minimum absolute atomic E-state index is 0. The largest absolute Gasteiger partial charge is 0.416 e. The molecule has 0 radical (unpaired) electrons. The highest BCUT2D eigenvalue weighted by atomic mass is 19.4. The number of aromatic nitrogens is 8. The predicted octanol–water partition coefficient (Wildman–Crippen LogP) is 12.8. The minimum atomic E-state index is -4.42. The molecule has 5 N–H and O–H groups in total. The molecule has 2 aliphatic carbocycles. The highest BCUT2D eigenvalue weighted by Crippen LogP contribution is 2.42. The molecule has 0 amide bonds. The van der Waals surface area contributed by atoms with Gasteiger partial charge in [-0.1, -0.05) is 45.2 Å². The van der Waals surface area contributed by atoms with Gasteiger partial charge in [0.2, 0.25) is 11.9 Å². The van der Waals surface area contributed by atoms with Gasteiger partial charge in [-0.2, -0.15) is 31.4 Å². The molecule has 0 saturated heterocycles. The molecular weight excluding hydrogens is 987 g/mol. The molecule has 388 valence electrons. The number of carbonyl (C=O) groups is 1. The van der Waals surface area contributed by atoms with Crippen molar-refractivity contribution in [2.45, 2.75) is 71.1 Å². The topological polar surface area (TPSA) is 195 Å². The predicted molar refractivity (Wildman–Crippen MR) is 270 cm³/mol. The maximum atomic E-state index is 14.4. The van der Waals surface area contributed by atoms with E-state index in [1.807, 2.05) is 18.3 Å². The summed E-state index contributed by atoms with van der Waals surface area (Å²) < 4.78 is 104. The van der Waals surface area contributed by atoms with Crippen molar-refractivity contribution in [3.63, 3.8) is 0 Å². The average Bonchev–Trinajstić information content (AvgIpc) is 4.34. The van der Waals surface area contributed by atoms with E-state index in [0.717, 1.165) is 66.2 Å². The number of nitrogens with two attached hydrogens (primary N) is 1. The first-order valence-electron chi connectivity index (χ1n) is 22.3. The van der Waals surface area contributed by atoms with Gasteiger partial charge in [-0.25, -0.2) is 40.0 Å². The van der Waals surface area contributed by atoms with Crippen LogP contribution in [-0.2, 0) is 18.8 Å². The molecule has 2 aliphatic rings. The molecule has 0 bridgehead atoms. The Hall–Kier alpha value is -8.66. The molecule has 6 aromatic heterocycles. The number of hydrogen-bond acceptors (Lipinski definition) is 14. The number of anilines is 4. The van der Waals surface area contributed by atoms with E-state index in [4.69, 9.17) is 5.84 Å². The molecule has 2 fully saturated rings. The first-order chi connectivity index (χ1) is 35.1. The van der Waals surface area contributed by atoms with Crippen LogP contribution >= 0.6 is 0 Å². The Morgan fingerprint density at radius 1 is 0.587 bits per heavy atom. The van der Waals surface area contributed by atoms with Gasteiger partial charge in [0.05, 0.1) is 47.3 Å². The van der Waals surface area contributed by atoms with Crippen LogP contribution in [0.15, 0.2) is 140 Å². The van der Waals surface area contributed by atoms with Crippen LogP contribution in [0.5, 0.6) is 0 Å². The van der Waals surface area contributed by atoms with Crippen molar-refractivity contribution in [3.05, 3.63) is 191 Å². The Morgan fingerprint density at radius 3 is 1.68 bits per heavy atom. The molecule has 0 aliphatic heterocycles. The minimum Gasteiger partial charge on any atom is -0.354 e. The lowest BCUT2D eigenvalue weighted by Gasteiger charge is -2.10. The zero-order valence-electron chi connectivity index (χ0n) is 38.1. The SMILES string of the molecule is C.C.Fc1cnc(N/N=C/c2ccc(Nc3cccc(C(F)(F)F)c3)cn2)nc1-c1cncc(C2CC2)c1.NNc1ncc(F)c(-c2cncc(C3CC3)c2)n1.O=Cc1ccc(Cc2cccc(C(F)(F)F)c2)cn1. The van der Waals surface area contributed by atoms with Crippen molar-refractivity contribution in [3.8, 4) is 22.5 Å². The lowest BCUT2D eigenvalue weighted by Crippen LogP contribution is -2.11. The molecular formula is C53H49F8N13O. The number of nitrogen functional groups attached to an aromatic ring is 1. The number of alkyl halides is 6. The number of benzene rings is 2. The second-order valence-electron chi connectivity index (χ2n) is 16.6. The van der Waals surface area contributed by atoms with E-state index in [1.165, 1.54) is 55.7 Å². The Bertz CT molecular complexity index is 3200. The lowest BCUT2D eigenvalue weighted by molar-refractivity contribution is -0.138. The second kappa shape index (κ2) is 24.8. The van der Waals surface area contributed by atoms with Gasteiger partial charge < -0.3 is 5.32 Å². The molecule has 10 rings (SSSR count). The van der Waals surface area contributed by atoms with Gasteiger partial charge >= 0.3 is 12.4 Å². The Kier molecular flexibility index (Phi) is 18.4. The van der Waals surface area contributed by atoms with Crippen molar-refractivity contribution in [2.75, 3.05) is 16.2 Å². The first kappa shape index (κ1) is 55.7. The third-order valence-electron chi connectivity index (χ3n) is 11.0. The van der Waals surface area contributed by atoms with Crippen LogP contribution in [0.2, 0.25) is 0 Å². The molecule has 0 atom stereocenters. The van der Waals surface area contributed by atoms with Crippen LogP contribution in [0, 0.1) is 11.6 Å². The number of halogens is 8. The van der Waals surface area contributed by atoms with E-state index in [1.54, 1.807) is 42.9 Å². The van der Waals surface area contributed by atoms with Crippen molar-refractivity contribution in [2.24, 2.45) is 10.9 Å². The molecule has 2 aromatic carbocycles. The third-order valence-corrected chi connectivity index (χ3v) is 11.0. The number of hydrazone groups is 1. The van der Waals surface area contributed by atoms with Crippen molar-refractivity contribution >= 4 is 35.8 Å². The van der Waals surface area contributed by atoms with Crippen LogP contribution < -0.4 is 22.0 Å². The normalized spacial score (nSPS) is 12.9. The Morgan fingerprint density at radius 2 is 1.15 bits per heavy atom. The maximum absolute atomic E-state index is 14.4. The van der Waals surface area contributed by atoms with Crippen molar-refractivity contribution < 1.29 is 39.9 Å². The number of aldehydes is 1. The Balaban J connectivity index is 0.000000198. The number of carbonyl (C=O) groups excluding carboxylic acids is 1. The van der Waals surface area contributed by atoms with E-state index in [9.17, 15) is 39.9 Å². The highest BCUT2D eigenvalue weighted by molar-refractivity contribution is 5.78. The van der Waals surface area contributed by atoms with E-state index >= 15 is 0 Å². The average molecular weight is 1040 g/mol. The first-order valence-corrected chi connectivity index (χ1v) is 22.3. The fraction of sp³-hybridized carbons (Fsp3) is 0.208. The summed E-state index contributed by atoms with van der Waals surface area (Å²) in [5.74, 6) is 5.50. The van der Waals surface area contributed by atoms with Crippen molar-refractivity contribution in [1.29, 1.82) is 0 Å². The standard InChI is InChI=1S/C25H19F4N7.C14H10F3NO.C12H12FN5.2CH4/c26-22-14-32-24(35-23(22)17-8-16(10-30-11-17)15-4-5-15)36-33-13-20-6-7-21(12-31-20)34-19-3-1-2-18(9-19)25(27,28)29;15-14(16,17)12-3-1-2-10(7-12)6-11-4-5-13(9-19)18-8-11;13-10-6-16-12(18-14)17-11(10)9-3-8(4-15-5-9)7-1-2-7;;/h1-3,6-15,34H,4-5H2,(H,32,35,36);1-5,7-9H,6H2;3-7H,1-2,14H2,(H,16,17,18);2*1H4/b33-13+;;;;. The lowest BCUT2D eigenvalue weighted by atomic mass is 10.0. The maximum Gasteiger partial charge on any atom is 0.416 e. The van der Waals surface area contributed by atoms with Gasteiger partial charge in [0.25, 0.3) is 0 Å². The fourth-order valence-corrected chi connectivity index (χ4v) is 7.07. The molecule has 8 aromatic rings. The highest BCUT2D eigenvalue weighted by Gasteiger charge is 2.31. The monoisotopic (exact) mass is 1040 g/mol. The zero-order chi connectivity index (χ0) is 51.5. The van der Waals surface area contributed by atoms with E-state index in [2.05, 4.69) is 61.1 Å². The number of nitrogens with zero attached hydrogens (tertiary/aromatic N) is 9. The van der Waals surface area contributed by atoms with Gasteiger partial charge in [0.1, 0.15) is 17.1 Å². The van der Waals surface area contributed by atoms with Crippen molar-refractivity contribution in [1.82, 2.24) is 39.9 Å². The van der Waals surface area contributed by atoms with Gasteiger partial charge in [-0.05, 0) is 121 Å². The summed E-state index contributed by atoms with van der Waals surface area (Å²) in [7, 11) is 0. The summed E-state index contributed by atoms with van der Waals surface area (Å²) in [5, 5.41) is 6.92. The quantitative estimate of drug-likeness (QED) is 0.0280. The van der Waals surface area contributed by atoms with Gasteiger partial charge in [0.15, 0.2) is 17.9 Å². The molecule has 0 unspecified atom stereocenters. The molecule has 0 spiro atoms. The summed E-state index contributed by atoms with van der Waals surface area (Å²) in [4.78, 5) is 42.7. The molecule has 75 heavy (non-hydrogen) atoms. The Labute approximate surface area is 426 Å². The van der Waals surface area contributed by atoms with Crippen LogP contribution in [0.4, 0.5) is 58.4 Å². The number of nitrogens with one attached hydrogen (secondary N) is 3. The molecule has 2 saturated carbocycles. The number of hydrazine groups is 1. The van der Waals surface area contributed by atoms with Crippen LogP contribution in [0.1, 0.15) is 102 Å². The number of rotatable bonds is 13. The number of pyridine rings is 4. The third kappa shape index (κ3) is 15.7. The van der Waals surface area contributed by atoms with Gasteiger partial charge in [0, 0.05) is 47.8 Å². The summed E-state index contributed by atoms with van der Waals surface area (Å²) >= 11 is 0. The second-order valence-corrected chi connectivity index (χ2v) is 16.6. The summed E-state index contributed by atoms with van der Waals surface area (Å²) in [6.07, 6.45) is 10.1.